The largest absolute Gasteiger partial charge is 0.348 e. The lowest BCUT2D eigenvalue weighted by atomic mass is 10.2. The van der Waals surface area contributed by atoms with Crippen LogP contribution >= 0.6 is 23.5 Å². The summed E-state index contributed by atoms with van der Waals surface area (Å²) in [5.41, 5.74) is 1.18. The van der Waals surface area contributed by atoms with Gasteiger partial charge < -0.3 is 4.98 Å². The summed E-state index contributed by atoms with van der Waals surface area (Å²) in [5.74, 6) is 0. The van der Waals surface area contributed by atoms with Crippen LogP contribution in [0.25, 0.3) is 10.9 Å². The molecule has 0 unspecified atom stereocenters. The molecule has 0 aliphatic rings. The highest BCUT2D eigenvalue weighted by Crippen LogP contribution is 2.42. The number of fused-ring (bicyclic) bond motifs is 1. The van der Waals surface area contributed by atoms with Gasteiger partial charge in [0.1, 0.15) is 0 Å². The van der Waals surface area contributed by atoms with Crippen LogP contribution < -0.4 is 0 Å². The summed E-state index contributed by atoms with van der Waals surface area (Å²) in [4.78, 5) is 7.37. The second-order valence-corrected chi connectivity index (χ2v) is 7.33. The van der Waals surface area contributed by atoms with Gasteiger partial charge in [-0.1, -0.05) is 78.1 Å². The van der Waals surface area contributed by atoms with Crippen molar-refractivity contribution in [3.63, 3.8) is 0 Å². The molecule has 23 heavy (non-hydrogen) atoms. The van der Waals surface area contributed by atoms with Gasteiger partial charge in [-0.2, -0.15) is 0 Å². The highest BCUT2D eigenvalue weighted by molar-refractivity contribution is 8.02. The average Bonchev–Trinajstić information content (AvgIpc) is 2.94. The van der Waals surface area contributed by atoms with E-state index in [-0.39, 0.29) is 0 Å². The first kappa shape index (κ1) is 14.5. The van der Waals surface area contributed by atoms with E-state index in [1.165, 1.54) is 30.6 Å². The molecule has 1 aromatic heterocycles. The summed E-state index contributed by atoms with van der Waals surface area (Å²) in [5, 5.41) is 2.48. The van der Waals surface area contributed by atoms with E-state index in [2.05, 4.69) is 89.9 Å². The van der Waals surface area contributed by atoms with E-state index in [1.807, 2.05) is 11.8 Å². The third-order valence-corrected chi connectivity index (χ3v) is 5.84. The number of H-pyrrole nitrogens is 1. The van der Waals surface area contributed by atoms with Crippen LogP contribution in [0.3, 0.4) is 0 Å². The molecule has 0 fully saturated rings. The molecule has 0 bridgehead atoms. The molecule has 0 saturated carbocycles. The first-order valence-corrected chi connectivity index (χ1v) is 9.10. The van der Waals surface area contributed by atoms with Gasteiger partial charge in [0.15, 0.2) is 0 Å². The third kappa shape index (κ3) is 3.16. The number of aromatic nitrogens is 1. The Hall–Kier alpha value is -2.10. The van der Waals surface area contributed by atoms with Crippen molar-refractivity contribution in [3.05, 3.63) is 84.9 Å². The number of hydrogen-bond donors (Lipinski definition) is 1. The summed E-state index contributed by atoms with van der Waals surface area (Å²) in [7, 11) is 0. The Labute approximate surface area is 144 Å². The maximum Gasteiger partial charge on any atom is 0.0923 e. The molecule has 3 heteroatoms. The van der Waals surface area contributed by atoms with Crippen molar-refractivity contribution >= 4 is 34.4 Å². The van der Waals surface area contributed by atoms with E-state index in [0.717, 1.165) is 0 Å². The second kappa shape index (κ2) is 6.57. The molecule has 0 radical (unpaired) electrons. The van der Waals surface area contributed by atoms with Gasteiger partial charge in [0.05, 0.1) is 9.92 Å². The van der Waals surface area contributed by atoms with E-state index in [0.29, 0.717) is 0 Å². The molecule has 112 valence electrons. The lowest BCUT2D eigenvalue weighted by molar-refractivity contribution is 1.14. The topological polar surface area (TPSA) is 15.8 Å². The monoisotopic (exact) mass is 333 g/mol. The van der Waals surface area contributed by atoms with Gasteiger partial charge in [-0.25, -0.2) is 0 Å². The lowest BCUT2D eigenvalue weighted by Crippen LogP contribution is -1.77. The SMILES string of the molecule is c1ccc(Sc2[nH]c3ccccc3c2Sc2ccccc2)cc1. The Bertz CT molecular complexity index is 914. The molecule has 3 aromatic carbocycles. The minimum atomic E-state index is 1.18. The number of nitrogens with one attached hydrogen (secondary N) is 1. The number of hydrogen-bond acceptors (Lipinski definition) is 2. The highest BCUT2D eigenvalue weighted by atomic mass is 32.2. The minimum Gasteiger partial charge on any atom is -0.348 e. The normalized spacial score (nSPS) is 11.0. The van der Waals surface area contributed by atoms with Crippen LogP contribution in [0.2, 0.25) is 0 Å². The molecule has 0 aliphatic carbocycles. The molecule has 0 amide bonds. The molecule has 0 spiro atoms. The van der Waals surface area contributed by atoms with E-state index < -0.39 is 0 Å². The van der Waals surface area contributed by atoms with Gasteiger partial charge >= 0.3 is 0 Å². The van der Waals surface area contributed by atoms with E-state index in [9.17, 15) is 0 Å². The van der Waals surface area contributed by atoms with Gasteiger partial charge in [0.2, 0.25) is 0 Å². The fourth-order valence-electron chi connectivity index (χ4n) is 2.48. The molecule has 0 saturated heterocycles. The average molecular weight is 333 g/mol. The van der Waals surface area contributed by atoms with Crippen LogP contribution in [-0.2, 0) is 0 Å². The van der Waals surface area contributed by atoms with Crippen LogP contribution in [0.15, 0.2) is 105 Å². The zero-order valence-electron chi connectivity index (χ0n) is 12.4. The van der Waals surface area contributed by atoms with Crippen molar-refractivity contribution in [2.24, 2.45) is 0 Å². The van der Waals surface area contributed by atoms with E-state index in [1.54, 1.807) is 11.8 Å². The Morgan fingerprint density at radius 1 is 0.565 bits per heavy atom. The third-order valence-electron chi connectivity index (χ3n) is 3.55. The molecule has 1 N–H and O–H groups in total. The van der Waals surface area contributed by atoms with Gasteiger partial charge in [-0.05, 0) is 30.3 Å². The van der Waals surface area contributed by atoms with Crippen LogP contribution in [0, 0.1) is 0 Å². The fourth-order valence-corrected chi connectivity index (χ4v) is 4.58. The molecule has 4 aromatic rings. The second-order valence-electron chi connectivity index (χ2n) is 5.16. The molecule has 1 nitrogen and oxygen atoms in total. The number of para-hydroxylation sites is 1. The first-order chi connectivity index (χ1) is 11.4. The van der Waals surface area contributed by atoms with Gasteiger partial charge in [-0.15, -0.1) is 0 Å². The maximum absolute atomic E-state index is 3.58. The Kier molecular flexibility index (Phi) is 4.14. The summed E-state index contributed by atoms with van der Waals surface area (Å²) < 4.78 is 0. The van der Waals surface area contributed by atoms with Crippen molar-refractivity contribution in [1.82, 2.24) is 4.98 Å². The molecule has 0 aliphatic heterocycles. The van der Waals surface area contributed by atoms with Crippen molar-refractivity contribution in [3.8, 4) is 0 Å². The van der Waals surface area contributed by atoms with Crippen molar-refractivity contribution in [2.75, 3.05) is 0 Å². The quantitative estimate of drug-likeness (QED) is 0.460. The first-order valence-electron chi connectivity index (χ1n) is 7.47. The Morgan fingerprint density at radius 3 is 1.83 bits per heavy atom. The summed E-state index contributed by atoms with van der Waals surface area (Å²) in [6, 6.07) is 29.5. The highest BCUT2D eigenvalue weighted by Gasteiger charge is 2.13. The van der Waals surface area contributed by atoms with Crippen LogP contribution in [0.4, 0.5) is 0 Å². The predicted molar refractivity (Wildman–Crippen MR) is 99.4 cm³/mol. The summed E-state index contributed by atoms with van der Waals surface area (Å²) >= 11 is 3.60. The summed E-state index contributed by atoms with van der Waals surface area (Å²) in [6.45, 7) is 0. The molecule has 0 atom stereocenters. The number of benzene rings is 3. The van der Waals surface area contributed by atoms with Crippen molar-refractivity contribution in [2.45, 2.75) is 19.7 Å². The lowest BCUT2D eigenvalue weighted by Gasteiger charge is -2.05. The Balaban J connectivity index is 1.78. The van der Waals surface area contributed by atoms with Crippen molar-refractivity contribution < 1.29 is 0 Å². The number of aromatic amines is 1. The van der Waals surface area contributed by atoms with Crippen molar-refractivity contribution in [1.29, 1.82) is 0 Å². The van der Waals surface area contributed by atoms with Gasteiger partial charge in [0.25, 0.3) is 0 Å². The smallest absolute Gasteiger partial charge is 0.0923 e. The molecule has 1 heterocycles. The Morgan fingerprint density at radius 2 is 1.13 bits per heavy atom. The van der Waals surface area contributed by atoms with E-state index in [4.69, 9.17) is 0 Å². The minimum absolute atomic E-state index is 1.18. The summed E-state index contributed by atoms with van der Waals surface area (Å²) in [6.07, 6.45) is 0. The van der Waals surface area contributed by atoms with Gasteiger partial charge in [0, 0.05) is 20.7 Å². The maximum atomic E-state index is 3.58. The molecular formula is C20H15NS2. The van der Waals surface area contributed by atoms with E-state index >= 15 is 0 Å². The zero-order chi connectivity index (χ0) is 15.5. The van der Waals surface area contributed by atoms with Crippen LogP contribution in [0.5, 0.6) is 0 Å². The molecular weight excluding hydrogens is 318 g/mol. The van der Waals surface area contributed by atoms with Gasteiger partial charge in [-0.3, -0.25) is 0 Å². The fraction of sp³-hybridized carbons (Fsp3) is 0. The van der Waals surface area contributed by atoms with Crippen LogP contribution in [0.1, 0.15) is 0 Å². The zero-order valence-corrected chi connectivity index (χ0v) is 14.0. The predicted octanol–water partition coefficient (Wildman–Crippen LogP) is 6.47. The molecule has 4 rings (SSSR count). The standard InChI is InChI=1S/C20H15NS2/c1-3-9-15(10-4-1)22-19-17-13-7-8-14-18(17)21-20(19)23-16-11-5-2-6-12-16/h1-14,21H. The van der Waals surface area contributed by atoms with Crippen LogP contribution in [-0.4, -0.2) is 4.98 Å². The number of rotatable bonds is 4.